The second-order valence-corrected chi connectivity index (χ2v) is 5.93. The van der Waals surface area contributed by atoms with Crippen molar-refractivity contribution in [1.82, 2.24) is 15.3 Å². The Bertz CT molecular complexity index is 585. The summed E-state index contributed by atoms with van der Waals surface area (Å²) in [5.74, 6) is 1.20. The molecule has 3 heterocycles. The minimum Gasteiger partial charge on any atom is -0.317 e. The molecule has 0 spiro atoms. The van der Waals surface area contributed by atoms with Gasteiger partial charge in [0.05, 0.1) is 5.69 Å². The monoisotopic (exact) mass is 275 g/mol. The molecule has 19 heavy (non-hydrogen) atoms. The molecule has 1 aliphatic rings. The third-order valence-electron chi connectivity index (χ3n) is 3.49. The maximum absolute atomic E-state index is 11.8. The summed E-state index contributed by atoms with van der Waals surface area (Å²) < 4.78 is 0. The van der Waals surface area contributed by atoms with Gasteiger partial charge >= 0.3 is 0 Å². The van der Waals surface area contributed by atoms with E-state index in [1.807, 2.05) is 11.4 Å². The number of aromatic nitrogens is 2. The molecule has 5 heteroatoms. The van der Waals surface area contributed by atoms with E-state index in [0.29, 0.717) is 12.3 Å². The van der Waals surface area contributed by atoms with Gasteiger partial charge in [0.2, 0.25) is 0 Å². The van der Waals surface area contributed by atoms with E-state index in [1.165, 1.54) is 4.88 Å². The number of thiophene rings is 1. The molecule has 4 nitrogen and oxygen atoms in total. The highest BCUT2D eigenvalue weighted by molar-refractivity contribution is 7.09. The fourth-order valence-electron chi connectivity index (χ4n) is 2.52. The molecule has 3 rings (SSSR count). The van der Waals surface area contributed by atoms with E-state index >= 15 is 0 Å². The van der Waals surface area contributed by atoms with Crippen molar-refractivity contribution in [3.63, 3.8) is 0 Å². The molecular weight excluding hydrogens is 258 g/mol. The highest BCUT2D eigenvalue weighted by atomic mass is 32.1. The van der Waals surface area contributed by atoms with Crippen LogP contribution in [-0.4, -0.2) is 23.1 Å². The average molecular weight is 275 g/mol. The quantitative estimate of drug-likeness (QED) is 0.899. The number of hydrogen-bond acceptors (Lipinski definition) is 4. The van der Waals surface area contributed by atoms with E-state index in [0.717, 1.165) is 37.4 Å². The Labute approximate surface area is 115 Å². The predicted molar refractivity (Wildman–Crippen MR) is 76.8 cm³/mol. The Morgan fingerprint density at radius 2 is 2.21 bits per heavy atom. The zero-order chi connectivity index (χ0) is 13.1. The molecule has 0 aliphatic carbocycles. The Morgan fingerprint density at radius 3 is 2.95 bits per heavy atom. The molecule has 0 bridgehead atoms. The largest absolute Gasteiger partial charge is 0.317 e. The van der Waals surface area contributed by atoms with E-state index in [9.17, 15) is 4.79 Å². The molecule has 1 fully saturated rings. The zero-order valence-corrected chi connectivity index (χ0v) is 11.5. The number of nitrogens with one attached hydrogen (secondary N) is 2. The first-order chi connectivity index (χ1) is 9.31. The molecule has 0 atom stereocenters. The van der Waals surface area contributed by atoms with Crippen LogP contribution in [0.15, 0.2) is 28.4 Å². The maximum Gasteiger partial charge on any atom is 0.251 e. The molecule has 0 radical (unpaired) electrons. The van der Waals surface area contributed by atoms with Gasteiger partial charge in [-0.2, -0.15) is 0 Å². The Kier molecular flexibility index (Phi) is 3.75. The van der Waals surface area contributed by atoms with Gasteiger partial charge in [0.15, 0.2) is 0 Å². The lowest BCUT2D eigenvalue weighted by Gasteiger charge is -2.22. The van der Waals surface area contributed by atoms with Gasteiger partial charge in [0, 0.05) is 23.3 Å². The van der Waals surface area contributed by atoms with E-state index in [-0.39, 0.29) is 5.56 Å². The molecule has 2 N–H and O–H groups in total. The van der Waals surface area contributed by atoms with Crippen molar-refractivity contribution in [3.05, 3.63) is 50.3 Å². The summed E-state index contributed by atoms with van der Waals surface area (Å²) in [5, 5.41) is 5.38. The first kappa shape index (κ1) is 12.6. The van der Waals surface area contributed by atoms with Gasteiger partial charge in [-0.05, 0) is 37.4 Å². The summed E-state index contributed by atoms with van der Waals surface area (Å²) in [6.07, 6.45) is 2.84. The highest BCUT2D eigenvalue weighted by Crippen LogP contribution is 2.22. The van der Waals surface area contributed by atoms with Crippen LogP contribution in [0, 0.1) is 0 Å². The van der Waals surface area contributed by atoms with Gasteiger partial charge in [-0.25, -0.2) is 4.98 Å². The van der Waals surface area contributed by atoms with Gasteiger partial charge in [0.1, 0.15) is 5.82 Å². The Morgan fingerprint density at radius 1 is 1.37 bits per heavy atom. The first-order valence-corrected chi connectivity index (χ1v) is 7.52. The summed E-state index contributed by atoms with van der Waals surface area (Å²) in [6, 6.07) is 5.75. The van der Waals surface area contributed by atoms with Crippen molar-refractivity contribution < 1.29 is 0 Å². The fourth-order valence-corrected chi connectivity index (χ4v) is 3.23. The smallest absolute Gasteiger partial charge is 0.251 e. The van der Waals surface area contributed by atoms with Crippen LogP contribution >= 0.6 is 11.3 Å². The summed E-state index contributed by atoms with van der Waals surface area (Å²) in [6.45, 7) is 2.03. The average Bonchev–Trinajstić information content (AvgIpc) is 2.92. The lowest BCUT2D eigenvalue weighted by Crippen LogP contribution is -2.28. The van der Waals surface area contributed by atoms with Crippen LogP contribution in [0.1, 0.15) is 35.2 Å². The van der Waals surface area contributed by atoms with Crippen molar-refractivity contribution in [2.24, 2.45) is 0 Å². The fraction of sp³-hybridized carbons (Fsp3) is 0.429. The van der Waals surface area contributed by atoms with E-state index < -0.39 is 0 Å². The van der Waals surface area contributed by atoms with E-state index in [4.69, 9.17) is 0 Å². The van der Waals surface area contributed by atoms with Crippen molar-refractivity contribution in [1.29, 1.82) is 0 Å². The molecule has 1 saturated heterocycles. The summed E-state index contributed by atoms with van der Waals surface area (Å²) in [7, 11) is 0. The Hall–Kier alpha value is -1.46. The SMILES string of the molecule is O=c1cc(C2CCNCC2)nc(Cc2cccs2)[nH]1. The van der Waals surface area contributed by atoms with Gasteiger partial charge in [-0.3, -0.25) is 4.79 Å². The second kappa shape index (κ2) is 5.67. The van der Waals surface area contributed by atoms with E-state index in [2.05, 4.69) is 21.4 Å². The van der Waals surface area contributed by atoms with Crippen molar-refractivity contribution in [3.8, 4) is 0 Å². The summed E-state index contributed by atoms with van der Waals surface area (Å²) in [5.41, 5.74) is 0.923. The normalized spacial score (nSPS) is 16.6. The second-order valence-electron chi connectivity index (χ2n) is 4.90. The van der Waals surface area contributed by atoms with Crippen LogP contribution in [0.3, 0.4) is 0 Å². The molecule has 0 unspecified atom stereocenters. The lowest BCUT2D eigenvalue weighted by atomic mass is 9.94. The van der Waals surface area contributed by atoms with Crippen LogP contribution in [-0.2, 0) is 6.42 Å². The summed E-state index contributed by atoms with van der Waals surface area (Å²) >= 11 is 1.69. The minimum atomic E-state index is -0.0323. The molecule has 100 valence electrons. The molecule has 2 aromatic rings. The van der Waals surface area contributed by atoms with Crippen molar-refractivity contribution in [2.75, 3.05) is 13.1 Å². The molecule has 2 aromatic heterocycles. The van der Waals surface area contributed by atoms with Gasteiger partial charge in [-0.1, -0.05) is 6.07 Å². The van der Waals surface area contributed by atoms with Crippen LogP contribution in [0.25, 0.3) is 0 Å². The Balaban J connectivity index is 1.85. The standard InChI is InChI=1S/C14H17N3OS/c18-14-9-12(10-3-5-15-6-4-10)16-13(17-14)8-11-2-1-7-19-11/h1-2,7,9-10,15H,3-6,8H2,(H,16,17,18). The molecule has 0 saturated carbocycles. The van der Waals surface area contributed by atoms with Crippen LogP contribution < -0.4 is 10.9 Å². The maximum atomic E-state index is 11.8. The van der Waals surface area contributed by atoms with Crippen LogP contribution in [0.2, 0.25) is 0 Å². The third-order valence-corrected chi connectivity index (χ3v) is 4.37. The topological polar surface area (TPSA) is 57.8 Å². The first-order valence-electron chi connectivity index (χ1n) is 6.64. The molecule has 0 amide bonds. The predicted octanol–water partition coefficient (Wildman–Crippen LogP) is 1.89. The number of nitrogens with zero attached hydrogens (tertiary/aromatic N) is 1. The summed E-state index contributed by atoms with van der Waals surface area (Å²) in [4.78, 5) is 20.5. The number of hydrogen-bond donors (Lipinski definition) is 2. The number of aromatic amines is 1. The van der Waals surface area contributed by atoms with Gasteiger partial charge in [0.25, 0.3) is 5.56 Å². The zero-order valence-electron chi connectivity index (χ0n) is 10.7. The van der Waals surface area contributed by atoms with Crippen LogP contribution in [0.4, 0.5) is 0 Å². The number of piperidine rings is 1. The number of H-pyrrole nitrogens is 1. The van der Waals surface area contributed by atoms with Gasteiger partial charge in [-0.15, -0.1) is 11.3 Å². The molecule has 1 aliphatic heterocycles. The van der Waals surface area contributed by atoms with Crippen LogP contribution in [0.5, 0.6) is 0 Å². The van der Waals surface area contributed by atoms with Crippen molar-refractivity contribution in [2.45, 2.75) is 25.2 Å². The van der Waals surface area contributed by atoms with E-state index in [1.54, 1.807) is 17.4 Å². The lowest BCUT2D eigenvalue weighted by molar-refractivity contribution is 0.451. The third kappa shape index (κ3) is 3.11. The highest BCUT2D eigenvalue weighted by Gasteiger charge is 2.17. The van der Waals surface area contributed by atoms with Gasteiger partial charge < -0.3 is 10.3 Å². The minimum absolute atomic E-state index is 0.0323. The number of rotatable bonds is 3. The van der Waals surface area contributed by atoms with Crippen molar-refractivity contribution >= 4 is 11.3 Å². The molecule has 0 aromatic carbocycles. The molecular formula is C14H17N3OS.